The maximum Gasteiger partial charge on any atom is 0.189 e. The van der Waals surface area contributed by atoms with Crippen LogP contribution in [-0.2, 0) is 27.7 Å². The van der Waals surface area contributed by atoms with Gasteiger partial charge in [0.1, 0.15) is 30.7 Å². The van der Waals surface area contributed by atoms with E-state index in [1.54, 1.807) is 7.11 Å². The average molecular weight is 761 g/mol. The normalized spacial score (nSPS) is 12.7. The lowest BCUT2D eigenvalue weighted by Gasteiger charge is -2.17. The Kier molecular flexibility index (Phi) is 12.9. The van der Waals surface area contributed by atoms with Gasteiger partial charge in [-0.1, -0.05) is 77.1 Å². The van der Waals surface area contributed by atoms with Gasteiger partial charge in [-0.05, 0) is 72.1 Å². The van der Waals surface area contributed by atoms with Gasteiger partial charge in [0.25, 0.3) is 0 Å². The highest BCUT2D eigenvalue weighted by atomic mass is 28.3. The molecular weight excluding hydrogens is 701 g/mol. The molecule has 3 aromatic carbocycles. The van der Waals surface area contributed by atoms with Crippen LogP contribution >= 0.6 is 0 Å². The van der Waals surface area contributed by atoms with E-state index in [1.165, 1.54) is 0 Å². The first-order chi connectivity index (χ1) is 24.5. The molecule has 52 heavy (non-hydrogen) atoms. The van der Waals surface area contributed by atoms with Gasteiger partial charge in [-0.15, -0.1) is 0 Å². The molecule has 0 fully saturated rings. The van der Waals surface area contributed by atoms with Crippen LogP contribution < -0.4 is 9.47 Å². The van der Waals surface area contributed by atoms with Crippen molar-refractivity contribution in [2.24, 2.45) is 0 Å². The maximum absolute atomic E-state index is 6.31. The Morgan fingerprint density at radius 2 is 1.33 bits per heavy atom. The predicted molar refractivity (Wildman–Crippen MR) is 223 cm³/mol. The average Bonchev–Trinajstić information content (AvgIpc) is 3.61. The van der Waals surface area contributed by atoms with Gasteiger partial charge in [-0.3, -0.25) is 4.57 Å². The van der Waals surface area contributed by atoms with E-state index < -0.39 is 24.2 Å². The molecule has 0 aliphatic heterocycles. The summed E-state index contributed by atoms with van der Waals surface area (Å²) in [5, 5.41) is 6.21. The standard InChI is InChI=1S/C40H60N4O5Si3/c1-30-34(25-32(45-2)26-38(30)49-29-48-20-23-52(9,10)11)31-16-17-33-37(24-31)44(28-47-19-22-51(6,7)8)42-39(33)40-41-35-14-12-13-15-36(35)43(40)27-46-18-21-50(3,4)5/h12-17,24-26H,18-23,27-29H2,1-11H3. The first-order valence-electron chi connectivity index (χ1n) is 18.5. The second-order valence-corrected chi connectivity index (χ2v) is 34.3. The van der Waals surface area contributed by atoms with Crippen molar-refractivity contribution in [3.63, 3.8) is 0 Å². The fraction of sp³-hybridized carbons (Fsp3) is 0.500. The second-order valence-electron chi connectivity index (χ2n) is 17.4. The van der Waals surface area contributed by atoms with Gasteiger partial charge in [0.15, 0.2) is 12.6 Å². The molecule has 0 aliphatic carbocycles. The molecule has 0 N–H and O–H groups in total. The fourth-order valence-electron chi connectivity index (χ4n) is 5.83. The van der Waals surface area contributed by atoms with Crippen molar-refractivity contribution in [3.8, 4) is 34.1 Å². The Morgan fingerprint density at radius 3 is 1.98 bits per heavy atom. The highest BCUT2D eigenvalue weighted by molar-refractivity contribution is 6.76. The molecule has 2 heterocycles. The van der Waals surface area contributed by atoms with Crippen molar-refractivity contribution < 1.29 is 23.7 Å². The Labute approximate surface area is 313 Å². The molecule has 2 aromatic heterocycles. The van der Waals surface area contributed by atoms with Gasteiger partial charge < -0.3 is 23.7 Å². The third kappa shape index (κ3) is 10.7. The van der Waals surface area contributed by atoms with Gasteiger partial charge in [-0.2, -0.15) is 5.10 Å². The lowest BCUT2D eigenvalue weighted by molar-refractivity contribution is 0.0216. The topological polar surface area (TPSA) is 81.8 Å². The summed E-state index contributed by atoms with van der Waals surface area (Å²) in [5.74, 6) is 2.26. The van der Waals surface area contributed by atoms with Crippen LogP contribution in [0.1, 0.15) is 5.56 Å². The number of ether oxygens (including phenoxy) is 5. The molecule has 5 aromatic rings. The number of nitrogens with zero attached hydrogens (tertiary/aromatic N) is 4. The minimum atomic E-state index is -1.26. The van der Waals surface area contributed by atoms with E-state index in [-0.39, 0.29) is 6.79 Å². The minimum Gasteiger partial charge on any atom is -0.497 e. The summed E-state index contributed by atoms with van der Waals surface area (Å²) in [4.78, 5) is 5.12. The van der Waals surface area contributed by atoms with Crippen molar-refractivity contribution in [3.05, 3.63) is 60.2 Å². The van der Waals surface area contributed by atoms with Gasteiger partial charge in [0.2, 0.25) is 0 Å². The van der Waals surface area contributed by atoms with E-state index in [1.807, 2.05) is 16.8 Å². The van der Waals surface area contributed by atoms with Crippen molar-refractivity contribution in [1.82, 2.24) is 19.3 Å². The van der Waals surface area contributed by atoms with Crippen LogP contribution in [0.2, 0.25) is 77.1 Å². The Balaban J connectivity index is 1.54. The molecule has 0 atom stereocenters. The summed E-state index contributed by atoms with van der Waals surface area (Å²) < 4.78 is 34.5. The monoisotopic (exact) mass is 760 g/mol. The van der Waals surface area contributed by atoms with Crippen molar-refractivity contribution in [2.45, 2.75) is 97.4 Å². The molecule has 9 nitrogen and oxygen atoms in total. The van der Waals surface area contributed by atoms with E-state index in [0.717, 1.165) is 86.4 Å². The van der Waals surface area contributed by atoms with Crippen LogP contribution in [0.4, 0.5) is 0 Å². The number of para-hydroxylation sites is 2. The molecule has 0 saturated heterocycles. The largest absolute Gasteiger partial charge is 0.497 e. The van der Waals surface area contributed by atoms with Gasteiger partial charge in [-0.25, -0.2) is 9.67 Å². The van der Waals surface area contributed by atoms with Gasteiger partial charge in [0.05, 0.1) is 23.7 Å². The molecule has 0 radical (unpaired) electrons. The van der Waals surface area contributed by atoms with Crippen LogP contribution in [0.5, 0.6) is 11.5 Å². The van der Waals surface area contributed by atoms with E-state index >= 15 is 0 Å². The number of hydrogen-bond acceptors (Lipinski definition) is 7. The number of hydrogen-bond donors (Lipinski definition) is 0. The molecule has 0 spiro atoms. The van der Waals surface area contributed by atoms with Crippen LogP contribution in [0.15, 0.2) is 54.6 Å². The number of aromatic nitrogens is 4. The Morgan fingerprint density at radius 1 is 0.692 bits per heavy atom. The first kappa shape index (κ1) is 39.9. The second kappa shape index (κ2) is 16.8. The van der Waals surface area contributed by atoms with Crippen molar-refractivity contribution in [1.29, 1.82) is 0 Å². The molecule has 0 saturated carbocycles. The predicted octanol–water partition coefficient (Wildman–Crippen LogP) is 10.4. The summed E-state index contributed by atoms with van der Waals surface area (Å²) >= 11 is 0. The molecule has 12 heteroatoms. The zero-order valence-electron chi connectivity index (χ0n) is 33.4. The number of imidazole rings is 1. The number of methoxy groups -OCH3 is 1. The minimum absolute atomic E-state index is 0.199. The number of rotatable bonds is 19. The highest BCUT2D eigenvalue weighted by Gasteiger charge is 2.22. The summed E-state index contributed by atoms with van der Waals surface area (Å²) in [5.41, 5.74) is 6.80. The number of fused-ring (bicyclic) bond motifs is 2. The molecule has 0 amide bonds. The lowest BCUT2D eigenvalue weighted by atomic mass is 9.98. The van der Waals surface area contributed by atoms with E-state index in [4.69, 9.17) is 33.8 Å². The summed E-state index contributed by atoms with van der Waals surface area (Å²) in [6.07, 6.45) is 0. The van der Waals surface area contributed by atoms with Crippen LogP contribution in [0.3, 0.4) is 0 Å². The number of benzene rings is 3. The third-order valence-electron chi connectivity index (χ3n) is 9.22. The van der Waals surface area contributed by atoms with Crippen molar-refractivity contribution in [2.75, 3.05) is 33.7 Å². The zero-order valence-corrected chi connectivity index (χ0v) is 36.4. The third-order valence-corrected chi connectivity index (χ3v) is 14.3. The van der Waals surface area contributed by atoms with Gasteiger partial charge in [0, 0.05) is 55.5 Å². The molecule has 0 bridgehead atoms. The van der Waals surface area contributed by atoms with Crippen LogP contribution in [-0.4, -0.2) is 77.3 Å². The summed E-state index contributed by atoms with van der Waals surface area (Å²) in [6, 6.07) is 22.0. The van der Waals surface area contributed by atoms with Gasteiger partial charge >= 0.3 is 0 Å². The first-order valence-corrected chi connectivity index (χ1v) is 29.7. The van der Waals surface area contributed by atoms with Crippen molar-refractivity contribution >= 4 is 46.2 Å². The van der Waals surface area contributed by atoms with E-state index in [0.29, 0.717) is 26.7 Å². The lowest BCUT2D eigenvalue weighted by Crippen LogP contribution is -2.22. The van der Waals surface area contributed by atoms with E-state index in [2.05, 4.69) is 113 Å². The van der Waals surface area contributed by atoms with Crippen LogP contribution in [0, 0.1) is 6.92 Å². The molecule has 0 aliphatic rings. The molecule has 0 unspecified atom stereocenters. The Hall–Kier alpha value is -3.27. The highest BCUT2D eigenvalue weighted by Crippen LogP contribution is 2.38. The Bertz CT molecular complexity index is 1950. The zero-order chi connectivity index (χ0) is 37.7. The molecule has 5 rings (SSSR count). The smallest absolute Gasteiger partial charge is 0.189 e. The molecule has 282 valence electrons. The summed E-state index contributed by atoms with van der Waals surface area (Å²) in [6.45, 7) is 26.4. The SMILES string of the molecule is COc1cc(OCOCC[Si](C)(C)C)c(C)c(-c2ccc3c(-c4nc5ccccc5n4COCC[Si](C)(C)C)nn(COCC[Si](C)(C)C)c3c2)c1. The van der Waals surface area contributed by atoms with E-state index in [9.17, 15) is 0 Å². The molecular formula is C40H60N4O5Si3. The quantitative estimate of drug-likeness (QED) is 0.0471. The fourth-order valence-corrected chi connectivity index (χ4v) is 8.10. The van der Waals surface area contributed by atoms with Crippen LogP contribution in [0.25, 0.3) is 44.6 Å². The summed E-state index contributed by atoms with van der Waals surface area (Å²) in [7, 11) is -1.99. The maximum atomic E-state index is 6.31.